The molecule has 3 rings (SSSR count). The average molecular weight is 336 g/mol. The van der Waals surface area contributed by atoms with Crippen LogP contribution in [0.2, 0.25) is 0 Å². The van der Waals surface area contributed by atoms with Crippen LogP contribution in [0.25, 0.3) is 6.08 Å². The molecule has 0 radical (unpaired) electrons. The number of hydrogen-bond donors (Lipinski definition) is 0. The van der Waals surface area contributed by atoms with E-state index in [0.29, 0.717) is 4.91 Å². The molecule has 22 heavy (non-hydrogen) atoms. The number of rotatable bonds is 3. The summed E-state index contributed by atoms with van der Waals surface area (Å²) in [5, 5.41) is 3.46. The normalized spacial score (nSPS) is 21.0. The Morgan fingerprint density at radius 3 is 2.68 bits per heavy atom. The number of thiophene rings is 1. The maximum atomic E-state index is 12.3. The Bertz CT molecular complexity index is 619. The molecule has 3 amide bonds. The highest BCUT2D eigenvalue weighted by Gasteiger charge is 2.37. The van der Waals surface area contributed by atoms with Crippen molar-refractivity contribution in [2.24, 2.45) is 0 Å². The zero-order valence-corrected chi connectivity index (χ0v) is 13.6. The molecule has 0 bridgehead atoms. The number of carbonyl (C=O) groups is 3. The van der Waals surface area contributed by atoms with Gasteiger partial charge in [0.25, 0.3) is 11.1 Å². The molecule has 3 heterocycles. The molecule has 2 fully saturated rings. The Kier molecular flexibility index (Phi) is 4.63. The van der Waals surface area contributed by atoms with E-state index in [2.05, 4.69) is 0 Å². The van der Waals surface area contributed by atoms with E-state index in [-0.39, 0.29) is 23.6 Å². The van der Waals surface area contributed by atoms with Crippen molar-refractivity contribution in [3.05, 3.63) is 27.3 Å². The van der Waals surface area contributed by atoms with Gasteiger partial charge in [-0.05, 0) is 59.5 Å². The number of carbonyl (C=O) groups excluding carboxylic acids is 3. The summed E-state index contributed by atoms with van der Waals surface area (Å²) in [6, 6.07) is 1.89. The minimum absolute atomic E-state index is 0.140. The van der Waals surface area contributed by atoms with Gasteiger partial charge in [-0.15, -0.1) is 0 Å². The minimum atomic E-state index is -0.369. The largest absolute Gasteiger partial charge is 0.341 e. The van der Waals surface area contributed by atoms with Gasteiger partial charge in [0.1, 0.15) is 6.54 Å². The second-order valence-electron chi connectivity index (χ2n) is 5.27. The maximum Gasteiger partial charge on any atom is 0.294 e. The molecule has 7 heteroatoms. The molecular formula is C15H16N2O3S2. The van der Waals surface area contributed by atoms with Crippen molar-refractivity contribution in [2.75, 3.05) is 19.6 Å². The number of nitrogens with zero attached hydrogens (tertiary/aromatic N) is 2. The molecule has 1 aromatic heterocycles. The first kappa shape index (κ1) is 15.3. The standard InChI is InChI=1S/C15H16N2O3S2/c18-13(16-5-2-1-3-6-16)9-17-14(19)12(22-15(17)20)8-11-4-7-21-10-11/h4,7-8,10H,1-3,5-6,9H2. The molecule has 2 aliphatic heterocycles. The lowest BCUT2D eigenvalue weighted by Crippen LogP contribution is -2.44. The Hall–Kier alpha value is -1.60. The molecule has 116 valence electrons. The van der Waals surface area contributed by atoms with Crippen molar-refractivity contribution in [3.8, 4) is 0 Å². The van der Waals surface area contributed by atoms with E-state index in [4.69, 9.17) is 0 Å². The molecule has 0 unspecified atom stereocenters. The molecular weight excluding hydrogens is 320 g/mol. The SMILES string of the molecule is O=C(CN1C(=O)SC(=Cc2ccsc2)C1=O)N1CCCCC1. The van der Waals surface area contributed by atoms with Crippen LogP contribution in [0, 0.1) is 0 Å². The summed E-state index contributed by atoms with van der Waals surface area (Å²) in [6.07, 6.45) is 4.82. The zero-order valence-electron chi connectivity index (χ0n) is 12.0. The fourth-order valence-corrected chi connectivity index (χ4v) is 3.98. The third kappa shape index (κ3) is 3.25. The lowest BCUT2D eigenvalue weighted by atomic mass is 10.1. The number of hydrogen-bond acceptors (Lipinski definition) is 5. The number of likely N-dealkylation sites (tertiary alicyclic amines) is 1. The molecule has 1 aromatic rings. The highest BCUT2D eigenvalue weighted by atomic mass is 32.2. The minimum Gasteiger partial charge on any atom is -0.341 e. The highest BCUT2D eigenvalue weighted by Crippen LogP contribution is 2.32. The molecule has 0 N–H and O–H groups in total. The number of amides is 3. The quantitative estimate of drug-likeness (QED) is 0.797. The van der Waals surface area contributed by atoms with E-state index >= 15 is 0 Å². The van der Waals surface area contributed by atoms with Gasteiger partial charge >= 0.3 is 0 Å². The molecule has 2 saturated heterocycles. The van der Waals surface area contributed by atoms with Gasteiger partial charge in [0.2, 0.25) is 5.91 Å². The van der Waals surface area contributed by atoms with Crippen molar-refractivity contribution in [1.29, 1.82) is 0 Å². The molecule has 5 nitrogen and oxygen atoms in total. The summed E-state index contributed by atoms with van der Waals surface area (Å²) in [6.45, 7) is 1.30. The van der Waals surface area contributed by atoms with Crippen LogP contribution in [-0.2, 0) is 9.59 Å². The first-order valence-corrected chi connectivity index (χ1v) is 8.96. The van der Waals surface area contributed by atoms with E-state index in [1.165, 1.54) is 11.3 Å². The van der Waals surface area contributed by atoms with Gasteiger partial charge in [-0.3, -0.25) is 19.3 Å². The molecule has 0 spiro atoms. The monoisotopic (exact) mass is 336 g/mol. The fraction of sp³-hybridized carbons (Fsp3) is 0.400. The lowest BCUT2D eigenvalue weighted by Gasteiger charge is -2.27. The molecule has 0 saturated carbocycles. The van der Waals surface area contributed by atoms with Gasteiger partial charge in [-0.2, -0.15) is 11.3 Å². The van der Waals surface area contributed by atoms with E-state index in [1.54, 1.807) is 11.0 Å². The Morgan fingerprint density at radius 1 is 1.23 bits per heavy atom. The fourth-order valence-electron chi connectivity index (χ4n) is 2.52. The van der Waals surface area contributed by atoms with Crippen LogP contribution in [0.3, 0.4) is 0 Å². The van der Waals surface area contributed by atoms with Crippen LogP contribution in [-0.4, -0.2) is 46.5 Å². The third-order valence-corrected chi connectivity index (χ3v) is 5.33. The van der Waals surface area contributed by atoms with Gasteiger partial charge in [0, 0.05) is 13.1 Å². The van der Waals surface area contributed by atoms with Crippen LogP contribution < -0.4 is 0 Å². The smallest absolute Gasteiger partial charge is 0.294 e. The summed E-state index contributed by atoms with van der Waals surface area (Å²) in [5.74, 6) is -0.509. The van der Waals surface area contributed by atoms with Crippen LogP contribution in [0.1, 0.15) is 24.8 Å². The summed E-state index contributed by atoms with van der Waals surface area (Å²) in [5.41, 5.74) is 0.901. The molecule has 0 atom stereocenters. The summed E-state index contributed by atoms with van der Waals surface area (Å²) in [4.78, 5) is 39.7. The van der Waals surface area contributed by atoms with Crippen molar-refractivity contribution in [1.82, 2.24) is 9.80 Å². The second kappa shape index (κ2) is 6.66. The summed E-state index contributed by atoms with van der Waals surface area (Å²) < 4.78 is 0. The van der Waals surface area contributed by atoms with E-state index in [0.717, 1.165) is 54.6 Å². The molecule has 0 aliphatic carbocycles. The van der Waals surface area contributed by atoms with Gasteiger partial charge in [0.05, 0.1) is 4.91 Å². The number of piperidine rings is 1. The van der Waals surface area contributed by atoms with Crippen LogP contribution in [0.4, 0.5) is 4.79 Å². The molecule has 2 aliphatic rings. The molecule has 0 aromatic carbocycles. The maximum absolute atomic E-state index is 12.3. The average Bonchev–Trinajstić information content (AvgIpc) is 3.12. The number of imide groups is 1. The first-order chi connectivity index (χ1) is 10.6. The lowest BCUT2D eigenvalue weighted by molar-refractivity contribution is -0.136. The van der Waals surface area contributed by atoms with Crippen molar-refractivity contribution in [2.45, 2.75) is 19.3 Å². The Balaban J connectivity index is 1.68. The van der Waals surface area contributed by atoms with E-state index in [9.17, 15) is 14.4 Å². The van der Waals surface area contributed by atoms with Crippen molar-refractivity contribution >= 4 is 46.2 Å². The zero-order chi connectivity index (χ0) is 15.5. The Labute approximate surface area is 137 Å². The number of thioether (sulfide) groups is 1. The second-order valence-corrected chi connectivity index (χ2v) is 7.04. The van der Waals surface area contributed by atoms with Crippen LogP contribution in [0.15, 0.2) is 21.7 Å². The van der Waals surface area contributed by atoms with Crippen molar-refractivity contribution in [3.63, 3.8) is 0 Å². The van der Waals surface area contributed by atoms with Crippen LogP contribution >= 0.6 is 23.1 Å². The van der Waals surface area contributed by atoms with Crippen molar-refractivity contribution < 1.29 is 14.4 Å². The predicted molar refractivity (Wildman–Crippen MR) is 87.4 cm³/mol. The van der Waals surface area contributed by atoms with E-state index in [1.807, 2.05) is 16.8 Å². The van der Waals surface area contributed by atoms with Gasteiger partial charge in [0.15, 0.2) is 0 Å². The third-order valence-electron chi connectivity index (χ3n) is 3.72. The van der Waals surface area contributed by atoms with Gasteiger partial charge in [-0.1, -0.05) is 0 Å². The Morgan fingerprint density at radius 2 is 2.00 bits per heavy atom. The topological polar surface area (TPSA) is 57.7 Å². The van der Waals surface area contributed by atoms with Gasteiger partial charge in [-0.25, -0.2) is 0 Å². The summed E-state index contributed by atoms with van der Waals surface area (Å²) in [7, 11) is 0. The summed E-state index contributed by atoms with van der Waals surface area (Å²) >= 11 is 2.43. The van der Waals surface area contributed by atoms with Crippen LogP contribution in [0.5, 0.6) is 0 Å². The predicted octanol–water partition coefficient (Wildman–Crippen LogP) is 2.80. The van der Waals surface area contributed by atoms with E-state index < -0.39 is 0 Å². The highest BCUT2D eigenvalue weighted by molar-refractivity contribution is 8.18. The first-order valence-electron chi connectivity index (χ1n) is 7.20. The van der Waals surface area contributed by atoms with Gasteiger partial charge < -0.3 is 4.90 Å².